The number of carbonyl (C=O) groups excluding carboxylic acids is 3. The van der Waals surface area contributed by atoms with Crippen molar-refractivity contribution in [3.63, 3.8) is 0 Å². The maximum Gasteiger partial charge on any atom is 0.235 e. The number of hydrogen-bond acceptors (Lipinski definition) is 6. The number of likely N-dealkylation sites (tertiary alicyclic amines) is 1. The first-order chi connectivity index (χ1) is 14.9. The van der Waals surface area contributed by atoms with Gasteiger partial charge in [-0.1, -0.05) is 23.8 Å². The summed E-state index contributed by atoms with van der Waals surface area (Å²) in [4.78, 5) is 44.4. The number of allylic oxidation sites excluding steroid dienone is 1. The molecule has 31 heavy (non-hydrogen) atoms. The molecule has 2 saturated heterocycles. The second-order valence-electron chi connectivity index (χ2n) is 8.43. The van der Waals surface area contributed by atoms with Gasteiger partial charge in [-0.05, 0) is 43.0 Å². The SMILES string of the molecule is COCCN1C(=O)[C@@H]2[C@H](C1=O)[C@H]1C=C(C)c3cc(C)ccc3N1[C@H]2C(=O)c1cccs1. The molecule has 0 unspecified atom stereocenters. The van der Waals surface area contributed by atoms with E-state index < -0.39 is 17.9 Å². The number of thiophene rings is 1. The summed E-state index contributed by atoms with van der Waals surface area (Å²) in [7, 11) is 1.54. The van der Waals surface area contributed by atoms with E-state index >= 15 is 0 Å². The zero-order valence-electron chi connectivity index (χ0n) is 17.7. The Kier molecular flexibility index (Phi) is 4.83. The summed E-state index contributed by atoms with van der Waals surface area (Å²) >= 11 is 1.37. The Labute approximate surface area is 185 Å². The van der Waals surface area contributed by atoms with E-state index in [-0.39, 0.29) is 36.8 Å². The molecular weight excluding hydrogens is 412 g/mol. The maximum absolute atomic E-state index is 13.7. The zero-order chi connectivity index (χ0) is 21.9. The monoisotopic (exact) mass is 436 g/mol. The quantitative estimate of drug-likeness (QED) is 0.532. The van der Waals surface area contributed by atoms with E-state index in [0.717, 1.165) is 22.4 Å². The molecule has 0 bridgehead atoms. The van der Waals surface area contributed by atoms with Crippen LogP contribution in [0.5, 0.6) is 0 Å². The van der Waals surface area contributed by atoms with Crippen LogP contribution in [-0.4, -0.2) is 54.8 Å². The fourth-order valence-electron chi connectivity index (χ4n) is 5.29. The molecule has 3 aliphatic rings. The molecule has 6 nitrogen and oxygen atoms in total. The molecule has 3 aliphatic heterocycles. The molecule has 2 amide bonds. The van der Waals surface area contributed by atoms with E-state index in [2.05, 4.69) is 12.1 Å². The van der Waals surface area contributed by atoms with E-state index in [0.29, 0.717) is 4.88 Å². The number of hydrogen-bond donors (Lipinski definition) is 0. The van der Waals surface area contributed by atoms with Gasteiger partial charge >= 0.3 is 0 Å². The minimum Gasteiger partial charge on any atom is -0.383 e. The van der Waals surface area contributed by atoms with Crippen LogP contribution in [0.2, 0.25) is 0 Å². The number of imide groups is 1. The molecule has 0 radical (unpaired) electrons. The summed E-state index contributed by atoms with van der Waals surface area (Å²) in [5.74, 6) is -1.83. The van der Waals surface area contributed by atoms with Crippen molar-refractivity contribution < 1.29 is 19.1 Å². The average molecular weight is 437 g/mol. The van der Waals surface area contributed by atoms with Crippen molar-refractivity contribution in [2.45, 2.75) is 25.9 Å². The standard InChI is InChI=1S/C24H24N2O4S/c1-13-6-7-16-15(11-13)14(2)12-17-19-20(24(29)25(23(19)28)8-9-30-3)21(26(16)17)22(27)18-5-4-10-31-18/h4-7,10-12,17,19-21H,8-9H2,1-3H3/t17-,19-,20-,21-/m1/s1. The Balaban J connectivity index is 1.66. The number of aryl methyl sites for hydroxylation is 1. The van der Waals surface area contributed by atoms with Gasteiger partial charge in [0.15, 0.2) is 5.78 Å². The van der Waals surface area contributed by atoms with E-state index in [1.807, 2.05) is 42.3 Å². The van der Waals surface area contributed by atoms with Gasteiger partial charge in [-0.15, -0.1) is 11.3 Å². The first kappa shape index (κ1) is 20.2. The van der Waals surface area contributed by atoms with Crippen LogP contribution in [0.15, 0.2) is 41.8 Å². The molecule has 0 spiro atoms. The van der Waals surface area contributed by atoms with Crippen molar-refractivity contribution in [1.29, 1.82) is 0 Å². The summed E-state index contributed by atoms with van der Waals surface area (Å²) in [6.45, 7) is 4.56. The first-order valence-corrected chi connectivity index (χ1v) is 11.3. The number of Topliss-reactive ketones (excluding diaryl/α,β-unsaturated/α-hetero) is 1. The molecule has 160 valence electrons. The third kappa shape index (κ3) is 2.91. The number of benzene rings is 1. The van der Waals surface area contributed by atoms with Gasteiger partial charge in [-0.3, -0.25) is 19.3 Å². The number of amides is 2. The van der Waals surface area contributed by atoms with Crippen molar-refractivity contribution in [2.24, 2.45) is 11.8 Å². The lowest BCUT2D eigenvalue weighted by Crippen LogP contribution is -2.49. The van der Waals surface area contributed by atoms with Crippen molar-refractivity contribution in [1.82, 2.24) is 4.90 Å². The molecule has 0 N–H and O–H groups in total. The molecular formula is C24H24N2O4S. The molecule has 5 rings (SSSR count). The van der Waals surface area contributed by atoms with Crippen molar-refractivity contribution in [3.8, 4) is 0 Å². The van der Waals surface area contributed by atoms with Crippen LogP contribution in [0.3, 0.4) is 0 Å². The Hall–Kier alpha value is -2.77. The third-order valence-corrected chi connectivity index (χ3v) is 7.53. The third-order valence-electron chi connectivity index (χ3n) is 6.65. The largest absolute Gasteiger partial charge is 0.383 e. The summed E-state index contributed by atoms with van der Waals surface area (Å²) in [5, 5.41) is 1.86. The first-order valence-electron chi connectivity index (χ1n) is 10.4. The fraction of sp³-hybridized carbons (Fsp3) is 0.375. The van der Waals surface area contributed by atoms with Crippen LogP contribution in [0, 0.1) is 18.8 Å². The number of nitrogens with zero attached hydrogens (tertiary/aromatic N) is 2. The number of rotatable bonds is 5. The topological polar surface area (TPSA) is 66.9 Å². The van der Waals surface area contributed by atoms with Gasteiger partial charge in [-0.25, -0.2) is 0 Å². The van der Waals surface area contributed by atoms with Gasteiger partial charge < -0.3 is 9.64 Å². The molecule has 0 saturated carbocycles. The van der Waals surface area contributed by atoms with Gasteiger partial charge in [0.25, 0.3) is 0 Å². The van der Waals surface area contributed by atoms with Crippen molar-refractivity contribution in [3.05, 3.63) is 57.8 Å². The van der Waals surface area contributed by atoms with Gasteiger partial charge in [-0.2, -0.15) is 0 Å². The van der Waals surface area contributed by atoms with Crippen LogP contribution in [0.25, 0.3) is 5.57 Å². The maximum atomic E-state index is 13.7. The number of ether oxygens (including phenoxy) is 1. The van der Waals surface area contributed by atoms with Crippen LogP contribution in [-0.2, 0) is 14.3 Å². The number of fused-ring (bicyclic) bond motifs is 5. The van der Waals surface area contributed by atoms with E-state index in [9.17, 15) is 14.4 Å². The molecule has 2 aromatic rings. The Morgan fingerprint density at radius 3 is 2.61 bits per heavy atom. The van der Waals surface area contributed by atoms with Crippen molar-refractivity contribution in [2.75, 3.05) is 25.2 Å². The molecule has 1 aromatic heterocycles. The summed E-state index contributed by atoms with van der Waals surface area (Å²) < 4.78 is 5.10. The number of methoxy groups -OCH3 is 1. The molecule has 1 aromatic carbocycles. The van der Waals surface area contributed by atoms with E-state index in [1.54, 1.807) is 13.2 Å². The second kappa shape index (κ2) is 7.43. The minimum atomic E-state index is -0.705. The zero-order valence-corrected chi connectivity index (χ0v) is 18.5. The smallest absolute Gasteiger partial charge is 0.235 e. The highest BCUT2D eigenvalue weighted by molar-refractivity contribution is 7.12. The van der Waals surface area contributed by atoms with Crippen LogP contribution < -0.4 is 4.90 Å². The second-order valence-corrected chi connectivity index (χ2v) is 9.37. The Morgan fingerprint density at radius 1 is 1.13 bits per heavy atom. The average Bonchev–Trinajstić information content (AvgIpc) is 3.44. The Bertz CT molecular complexity index is 1110. The molecule has 7 heteroatoms. The van der Waals surface area contributed by atoms with Gasteiger partial charge in [0.2, 0.25) is 11.8 Å². The van der Waals surface area contributed by atoms with Gasteiger partial charge in [0.05, 0.1) is 35.9 Å². The number of ketones is 1. The van der Waals surface area contributed by atoms with Gasteiger partial charge in [0.1, 0.15) is 6.04 Å². The normalized spacial score (nSPS) is 26.6. The number of carbonyl (C=O) groups is 3. The molecule has 4 atom stereocenters. The van der Waals surface area contributed by atoms with Crippen LogP contribution >= 0.6 is 11.3 Å². The summed E-state index contributed by atoms with van der Waals surface area (Å²) in [6, 6.07) is 8.74. The van der Waals surface area contributed by atoms with E-state index in [1.165, 1.54) is 16.2 Å². The molecule has 2 fully saturated rings. The number of anilines is 1. The summed E-state index contributed by atoms with van der Waals surface area (Å²) in [6.07, 6.45) is 2.06. The van der Waals surface area contributed by atoms with Crippen LogP contribution in [0.1, 0.15) is 27.7 Å². The van der Waals surface area contributed by atoms with E-state index in [4.69, 9.17) is 4.74 Å². The molecule has 0 aliphatic carbocycles. The predicted molar refractivity (Wildman–Crippen MR) is 119 cm³/mol. The van der Waals surface area contributed by atoms with Crippen molar-refractivity contribution >= 4 is 40.2 Å². The molecule has 4 heterocycles. The fourth-order valence-corrected chi connectivity index (χ4v) is 5.98. The van der Waals surface area contributed by atoms with Crippen LogP contribution in [0.4, 0.5) is 5.69 Å². The lowest BCUT2D eigenvalue weighted by atomic mass is 9.86. The van der Waals surface area contributed by atoms with Gasteiger partial charge in [0, 0.05) is 18.4 Å². The minimum absolute atomic E-state index is 0.0956. The highest BCUT2D eigenvalue weighted by Gasteiger charge is 2.64. The predicted octanol–water partition coefficient (Wildman–Crippen LogP) is 3.16. The highest BCUT2D eigenvalue weighted by atomic mass is 32.1. The lowest BCUT2D eigenvalue weighted by Gasteiger charge is -2.38. The summed E-state index contributed by atoms with van der Waals surface area (Å²) in [5.41, 5.74) is 4.17. The highest BCUT2D eigenvalue weighted by Crippen LogP contribution is 2.50. The Morgan fingerprint density at radius 2 is 1.90 bits per heavy atom. The lowest BCUT2D eigenvalue weighted by molar-refractivity contribution is -0.141.